The fourth-order valence-corrected chi connectivity index (χ4v) is 7.73. The van der Waals surface area contributed by atoms with Gasteiger partial charge < -0.3 is 19.8 Å². The monoisotopic (exact) mass is 602 g/mol. The smallest absolute Gasteiger partial charge is 0.319 e. The van der Waals surface area contributed by atoms with Crippen LogP contribution in [0.15, 0.2) is 18.2 Å². The first-order valence-electron chi connectivity index (χ1n) is 14.8. The summed E-state index contributed by atoms with van der Waals surface area (Å²) < 4.78 is 53.1. The third kappa shape index (κ3) is 4.85. The fourth-order valence-electron chi connectivity index (χ4n) is 7.36. The quantitative estimate of drug-likeness (QED) is 0.352. The summed E-state index contributed by atoms with van der Waals surface area (Å²) in [6.07, 6.45) is 4.08. The Kier molecular flexibility index (Phi) is 6.75. The average molecular weight is 603 g/mol. The molecule has 2 aromatic carbocycles. The van der Waals surface area contributed by atoms with E-state index >= 15 is 8.78 Å². The highest BCUT2D eigenvalue weighted by atomic mass is 35.5. The number of rotatable bonds is 6. The molecule has 0 amide bonds. The van der Waals surface area contributed by atoms with E-state index in [1.807, 2.05) is 4.90 Å². The predicted octanol–water partition coefficient (Wildman–Crippen LogP) is 6.12. The Morgan fingerprint density at radius 1 is 1.12 bits per heavy atom. The number of fused-ring (bicyclic) bond motifs is 2. The predicted molar refractivity (Wildman–Crippen MR) is 154 cm³/mol. The summed E-state index contributed by atoms with van der Waals surface area (Å²) in [6, 6.07) is 3.86. The highest BCUT2D eigenvalue weighted by Crippen LogP contribution is 2.50. The lowest BCUT2D eigenvalue weighted by Crippen LogP contribution is -2.46. The molecule has 3 saturated heterocycles. The van der Waals surface area contributed by atoms with Gasteiger partial charge in [-0.25, -0.2) is 13.2 Å². The summed E-state index contributed by atoms with van der Waals surface area (Å²) in [7, 11) is 0. The molecular weight excluding hydrogens is 569 g/mol. The third-order valence-corrected chi connectivity index (χ3v) is 9.73. The Labute approximate surface area is 247 Å². The van der Waals surface area contributed by atoms with Crippen molar-refractivity contribution in [2.24, 2.45) is 0 Å². The molecular formula is C31H34ClF3N4O3. The van der Waals surface area contributed by atoms with Gasteiger partial charge in [0.05, 0.1) is 16.7 Å². The number of ether oxygens (including phenoxy) is 1. The van der Waals surface area contributed by atoms with Crippen LogP contribution in [0.1, 0.15) is 63.4 Å². The third-order valence-electron chi connectivity index (χ3n) is 9.42. The molecule has 42 heavy (non-hydrogen) atoms. The zero-order valence-electron chi connectivity index (χ0n) is 23.5. The molecule has 4 heterocycles. The summed E-state index contributed by atoms with van der Waals surface area (Å²) in [5, 5.41) is 21.6. The van der Waals surface area contributed by atoms with Gasteiger partial charge in [0.25, 0.3) is 0 Å². The molecule has 1 aromatic heterocycles. The molecule has 7 nitrogen and oxygen atoms in total. The highest BCUT2D eigenvalue weighted by molar-refractivity contribution is 6.32. The van der Waals surface area contributed by atoms with E-state index in [2.05, 4.69) is 14.9 Å². The minimum absolute atomic E-state index is 0.0531. The first-order chi connectivity index (χ1) is 20.0. The summed E-state index contributed by atoms with van der Waals surface area (Å²) in [5.41, 5.74) is -1.12. The van der Waals surface area contributed by atoms with Gasteiger partial charge in [-0.15, -0.1) is 0 Å². The van der Waals surface area contributed by atoms with E-state index in [4.69, 9.17) is 16.3 Å². The normalized spacial score (nSPS) is 28.0. The van der Waals surface area contributed by atoms with Crippen LogP contribution in [0.3, 0.4) is 0 Å². The molecule has 2 N–H and O–H groups in total. The molecule has 4 fully saturated rings. The van der Waals surface area contributed by atoms with Crippen LogP contribution in [0.25, 0.3) is 22.0 Å². The van der Waals surface area contributed by atoms with Crippen LogP contribution in [0.2, 0.25) is 5.02 Å². The molecule has 0 radical (unpaired) electrons. The maximum absolute atomic E-state index is 16.6. The van der Waals surface area contributed by atoms with Gasteiger partial charge in [-0.3, -0.25) is 4.90 Å². The number of alkyl halides is 1. The summed E-state index contributed by atoms with van der Waals surface area (Å²) >= 11 is 6.47. The molecule has 4 aliphatic rings. The molecule has 3 aliphatic heterocycles. The van der Waals surface area contributed by atoms with Crippen molar-refractivity contribution < 1.29 is 28.1 Å². The molecule has 0 unspecified atom stereocenters. The molecule has 0 bridgehead atoms. The van der Waals surface area contributed by atoms with Crippen LogP contribution >= 0.6 is 11.6 Å². The average Bonchev–Trinajstić information content (AvgIpc) is 3.60. The second-order valence-electron chi connectivity index (χ2n) is 12.8. The molecule has 1 saturated carbocycles. The highest BCUT2D eigenvalue weighted by Gasteiger charge is 2.49. The number of β-amino-alcohol motifs (C(OH)–C–C–N with tert-alkyl or cyclic N) is 1. The van der Waals surface area contributed by atoms with Crippen LogP contribution < -0.4 is 9.64 Å². The van der Waals surface area contributed by atoms with Crippen LogP contribution in [0.4, 0.5) is 19.0 Å². The van der Waals surface area contributed by atoms with Crippen molar-refractivity contribution in [3.05, 3.63) is 40.4 Å². The number of phenols is 1. The molecule has 3 aromatic rings. The first kappa shape index (κ1) is 28.0. The largest absolute Gasteiger partial charge is 0.508 e. The molecule has 224 valence electrons. The molecule has 7 rings (SSSR count). The number of aromatic nitrogens is 2. The second-order valence-corrected chi connectivity index (χ2v) is 13.2. The standard InChI is InChI=1S/C31H34ClF3N4O3/c1-30(41)6-2-8-38(15-30)28-21-12-23(34)25(20-10-19(40)11-22(32)24(20)17-4-5-17)26(35)27(21)36-29(37-28)42-16-31-7-3-9-39(31)14-18(33)13-31/h10-12,17-18,40-41H,2-9,13-16H2,1H3/t18-,30-,31+/m1/s1. The Hall–Kier alpha value is -2.82. The van der Waals surface area contributed by atoms with Gasteiger partial charge in [-0.1, -0.05) is 11.6 Å². The summed E-state index contributed by atoms with van der Waals surface area (Å²) in [4.78, 5) is 13.0. The van der Waals surface area contributed by atoms with Crippen molar-refractivity contribution in [1.82, 2.24) is 14.9 Å². The number of aromatic hydroxyl groups is 1. The number of benzene rings is 2. The van der Waals surface area contributed by atoms with Gasteiger partial charge in [0.15, 0.2) is 5.82 Å². The SMILES string of the molecule is C[C@@]1(O)CCCN(c2nc(OC[C@@]34CCCN3C[C@H](F)C4)nc3c(F)c(-c4cc(O)cc(Cl)c4C4CC4)c(F)cc23)C1. The van der Waals surface area contributed by atoms with Crippen molar-refractivity contribution in [2.75, 3.05) is 37.7 Å². The van der Waals surface area contributed by atoms with Gasteiger partial charge >= 0.3 is 6.01 Å². The Morgan fingerprint density at radius 3 is 2.67 bits per heavy atom. The van der Waals surface area contributed by atoms with Gasteiger partial charge in [-0.2, -0.15) is 9.97 Å². The zero-order valence-corrected chi connectivity index (χ0v) is 24.2. The van der Waals surface area contributed by atoms with Gasteiger partial charge in [0, 0.05) is 36.5 Å². The Balaban J connectivity index is 1.37. The van der Waals surface area contributed by atoms with E-state index in [9.17, 15) is 14.6 Å². The number of piperidine rings is 1. The number of aliphatic hydroxyl groups is 1. The summed E-state index contributed by atoms with van der Waals surface area (Å²) in [5.74, 6) is -1.60. The van der Waals surface area contributed by atoms with E-state index in [0.717, 1.165) is 32.2 Å². The van der Waals surface area contributed by atoms with E-state index in [1.54, 1.807) is 6.92 Å². The Bertz CT molecular complexity index is 1570. The number of anilines is 1. The number of hydrogen-bond donors (Lipinski definition) is 2. The molecule has 0 spiro atoms. The maximum atomic E-state index is 16.6. The summed E-state index contributed by atoms with van der Waals surface area (Å²) in [6.45, 7) is 3.79. The van der Waals surface area contributed by atoms with Crippen LogP contribution in [-0.2, 0) is 0 Å². The van der Waals surface area contributed by atoms with E-state index < -0.39 is 28.9 Å². The number of phenolic OH excluding ortho intramolecular Hbond substituents is 1. The number of hydrogen-bond acceptors (Lipinski definition) is 7. The molecule has 1 aliphatic carbocycles. The Morgan fingerprint density at radius 2 is 1.90 bits per heavy atom. The van der Waals surface area contributed by atoms with E-state index in [-0.39, 0.29) is 63.7 Å². The minimum Gasteiger partial charge on any atom is -0.508 e. The number of halogens is 4. The van der Waals surface area contributed by atoms with Crippen molar-refractivity contribution in [2.45, 2.75) is 75.1 Å². The van der Waals surface area contributed by atoms with E-state index in [0.29, 0.717) is 37.9 Å². The van der Waals surface area contributed by atoms with Crippen molar-refractivity contribution in [3.8, 4) is 22.9 Å². The van der Waals surface area contributed by atoms with Crippen molar-refractivity contribution in [1.29, 1.82) is 0 Å². The van der Waals surface area contributed by atoms with Crippen molar-refractivity contribution in [3.63, 3.8) is 0 Å². The first-order valence-corrected chi connectivity index (χ1v) is 15.1. The van der Waals surface area contributed by atoms with Gasteiger partial charge in [0.2, 0.25) is 0 Å². The van der Waals surface area contributed by atoms with Gasteiger partial charge in [0.1, 0.15) is 35.7 Å². The van der Waals surface area contributed by atoms with Gasteiger partial charge in [-0.05, 0) is 87.2 Å². The lowest BCUT2D eigenvalue weighted by Gasteiger charge is -2.38. The van der Waals surface area contributed by atoms with Crippen LogP contribution in [-0.4, -0.2) is 75.2 Å². The lowest BCUT2D eigenvalue weighted by atomic mass is 9.93. The minimum atomic E-state index is -1.01. The fraction of sp³-hybridized carbons (Fsp3) is 0.548. The van der Waals surface area contributed by atoms with Crippen LogP contribution in [0.5, 0.6) is 11.8 Å². The molecule has 11 heteroatoms. The van der Waals surface area contributed by atoms with Crippen LogP contribution in [0, 0.1) is 11.6 Å². The van der Waals surface area contributed by atoms with E-state index in [1.165, 1.54) is 18.2 Å². The second kappa shape index (κ2) is 10.1. The van der Waals surface area contributed by atoms with Crippen molar-refractivity contribution >= 4 is 28.3 Å². The maximum Gasteiger partial charge on any atom is 0.319 e. The number of nitrogens with zero attached hydrogens (tertiary/aromatic N) is 4. The topological polar surface area (TPSA) is 82.0 Å². The zero-order chi connectivity index (χ0) is 29.4. The molecule has 3 atom stereocenters. The lowest BCUT2D eigenvalue weighted by molar-refractivity contribution is 0.0447.